The van der Waals surface area contributed by atoms with Crippen molar-refractivity contribution >= 4 is 12.2 Å². The van der Waals surface area contributed by atoms with E-state index in [1.54, 1.807) is 16.8 Å². The molecule has 0 radical (unpaired) electrons. The lowest BCUT2D eigenvalue weighted by Gasteiger charge is -2.14. The lowest BCUT2D eigenvalue weighted by molar-refractivity contribution is 0.240. The largest absolute Gasteiger partial charge is 0.409 e. The van der Waals surface area contributed by atoms with Crippen molar-refractivity contribution in [1.82, 2.24) is 24.5 Å². The lowest BCUT2D eigenvalue weighted by atomic mass is 10.2. The van der Waals surface area contributed by atoms with E-state index in [1.165, 1.54) is 12.1 Å². The predicted molar refractivity (Wildman–Crippen MR) is 106 cm³/mol. The standard InChI is InChI=1S/C20H18FN5OS/c1-24(12-15-11-22-25(13-15)18-5-3-2-4-6-18)14-26-20(28)27-19(23-26)16-7-9-17(21)10-8-16/h2-11,13H,12,14H2,1H3. The van der Waals surface area contributed by atoms with Crippen LogP contribution in [-0.4, -0.2) is 31.5 Å². The van der Waals surface area contributed by atoms with Gasteiger partial charge in [-0.1, -0.05) is 18.2 Å². The van der Waals surface area contributed by atoms with E-state index >= 15 is 0 Å². The van der Waals surface area contributed by atoms with E-state index < -0.39 is 0 Å². The van der Waals surface area contributed by atoms with Crippen LogP contribution < -0.4 is 0 Å². The first-order valence-electron chi connectivity index (χ1n) is 8.70. The average molecular weight is 395 g/mol. The van der Waals surface area contributed by atoms with Crippen molar-refractivity contribution in [3.05, 3.63) is 83.2 Å². The average Bonchev–Trinajstić information content (AvgIpc) is 3.30. The Morgan fingerprint density at radius 2 is 1.86 bits per heavy atom. The minimum Gasteiger partial charge on any atom is -0.409 e. The molecule has 2 heterocycles. The Hall–Kier alpha value is -3.10. The summed E-state index contributed by atoms with van der Waals surface area (Å²) in [7, 11) is 1.97. The molecule has 0 N–H and O–H groups in total. The zero-order chi connectivity index (χ0) is 19.5. The summed E-state index contributed by atoms with van der Waals surface area (Å²) < 4.78 is 22.1. The highest BCUT2D eigenvalue weighted by molar-refractivity contribution is 7.71. The second kappa shape index (κ2) is 7.87. The first kappa shape index (κ1) is 18.3. The zero-order valence-electron chi connectivity index (χ0n) is 15.2. The van der Waals surface area contributed by atoms with Crippen molar-refractivity contribution in [2.24, 2.45) is 0 Å². The van der Waals surface area contributed by atoms with Crippen molar-refractivity contribution in [1.29, 1.82) is 0 Å². The molecule has 0 bridgehead atoms. The second-order valence-electron chi connectivity index (χ2n) is 6.46. The molecule has 0 aliphatic carbocycles. The van der Waals surface area contributed by atoms with Crippen molar-refractivity contribution in [3.63, 3.8) is 0 Å². The number of benzene rings is 2. The molecule has 0 unspecified atom stereocenters. The Kier molecular flexibility index (Phi) is 5.14. The van der Waals surface area contributed by atoms with Gasteiger partial charge >= 0.3 is 0 Å². The van der Waals surface area contributed by atoms with E-state index in [0.29, 0.717) is 24.7 Å². The van der Waals surface area contributed by atoms with Gasteiger partial charge in [-0.05, 0) is 55.7 Å². The van der Waals surface area contributed by atoms with E-state index in [4.69, 9.17) is 16.6 Å². The third-order valence-electron chi connectivity index (χ3n) is 4.18. The first-order chi connectivity index (χ1) is 13.6. The quantitative estimate of drug-likeness (QED) is 0.456. The van der Waals surface area contributed by atoms with Crippen LogP contribution in [0.2, 0.25) is 0 Å². The maximum absolute atomic E-state index is 13.1. The number of aromatic nitrogens is 4. The summed E-state index contributed by atoms with van der Waals surface area (Å²) >= 11 is 5.27. The molecule has 28 heavy (non-hydrogen) atoms. The molecule has 4 aromatic rings. The van der Waals surface area contributed by atoms with Gasteiger partial charge in [0.2, 0.25) is 5.89 Å². The second-order valence-corrected chi connectivity index (χ2v) is 6.81. The van der Waals surface area contributed by atoms with Crippen LogP contribution >= 0.6 is 12.2 Å². The van der Waals surface area contributed by atoms with Gasteiger partial charge in [0.05, 0.1) is 18.6 Å². The van der Waals surface area contributed by atoms with Crippen LogP contribution in [0.5, 0.6) is 0 Å². The van der Waals surface area contributed by atoms with E-state index in [2.05, 4.69) is 15.1 Å². The topological polar surface area (TPSA) is 52.0 Å². The Labute approximate surface area is 166 Å². The Balaban J connectivity index is 1.44. The van der Waals surface area contributed by atoms with Crippen molar-refractivity contribution in [2.45, 2.75) is 13.2 Å². The monoisotopic (exact) mass is 395 g/mol. The third-order valence-corrected chi connectivity index (χ3v) is 4.48. The molecule has 0 amide bonds. The van der Waals surface area contributed by atoms with Crippen molar-refractivity contribution in [2.75, 3.05) is 7.05 Å². The molecule has 0 aliphatic heterocycles. The minimum atomic E-state index is -0.308. The summed E-state index contributed by atoms with van der Waals surface area (Å²) in [5, 5.41) is 8.82. The molecule has 6 nitrogen and oxygen atoms in total. The minimum absolute atomic E-state index is 0.270. The molecule has 0 fully saturated rings. The number of nitrogens with zero attached hydrogens (tertiary/aromatic N) is 5. The maximum Gasteiger partial charge on any atom is 0.288 e. The Morgan fingerprint density at radius 3 is 2.61 bits per heavy atom. The van der Waals surface area contributed by atoms with E-state index in [0.717, 1.165) is 11.3 Å². The first-order valence-corrected chi connectivity index (χ1v) is 9.11. The number of hydrogen-bond acceptors (Lipinski definition) is 5. The number of halogens is 1. The van der Waals surface area contributed by atoms with Crippen LogP contribution in [0.25, 0.3) is 17.1 Å². The molecular formula is C20H18FN5OS. The number of hydrogen-bond donors (Lipinski definition) is 0. The van der Waals surface area contributed by atoms with Gasteiger partial charge in [-0.3, -0.25) is 4.90 Å². The summed E-state index contributed by atoms with van der Waals surface area (Å²) in [6, 6.07) is 15.9. The molecule has 0 saturated heterocycles. The highest BCUT2D eigenvalue weighted by atomic mass is 32.1. The molecule has 8 heteroatoms. The molecule has 0 saturated carbocycles. The predicted octanol–water partition coefficient (Wildman–Crippen LogP) is 4.29. The van der Waals surface area contributed by atoms with Gasteiger partial charge in [-0.2, -0.15) is 5.10 Å². The van der Waals surface area contributed by atoms with Gasteiger partial charge in [-0.25, -0.2) is 13.8 Å². The fourth-order valence-corrected chi connectivity index (χ4v) is 3.04. The summed E-state index contributed by atoms with van der Waals surface area (Å²) in [6.07, 6.45) is 3.84. The van der Waals surface area contributed by atoms with Gasteiger partial charge < -0.3 is 4.42 Å². The van der Waals surface area contributed by atoms with E-state index in [-0.39, 0.29) is 10.7 Å². The van der Waals surface area contributed by atoms with Crippen LogP contribution in [0.4, 0.5) is 4.39 Å². The SMILES string of the molecule is CN(Cc1cnn(-c2ccccc2)c1)Cn1nc(-c2ccc(F)cc2)oc1=S. The van der Waals surface area contributed by atoms with Gasteiger partial charge in [0.25, 0.3) is 4.84 Å². The fraction of sp³-hybridized carbons (Fsp3) is 0.150. The van der Waals surface area contributed by atoms with Crippen LogP contribution in [0.3, 0.4) is 0 Å². The maximum atomic E-state index is 13.1. The Bertz CT molecular complexity index is 1120. The van der Waals surface area contributed by atoms with Crippen LogP contribution in [0.1, 0.15) is 5.56 Å². The molecular weight excluding hydrogens is 377 g/mol. The fourth-order valence-electron chi connectivity index (χ4n) is 2.86. The molecule has 0 aliphatic rings. The van der Waals surface area contributed by atoms with Gasteiger partial charge in [0, 0.05) is 23.9 Å². The molecule has 0 atom stereocenters. The zero-order valence-corrected chi connectivity index (χ0v) is 16.0. The number of rotatable bonds is 6. The summed E-state index contributed by atoms with van der Waals surface area (Å²) in [5.74, 6) is 0.0628. The number of para-hydroxylation sites is 1. The lowest BCUT2D eigenvalue weighted by Crippen LogP contribution is -2.22. The highest BCUT2D eigenvalue weighted by Crippen LogP contribution is 2.18. The van der Waals surface area contributed by atoms with Crippen LogP contribution in [0, 0.1) is 10.7 Å². The molecule has 4 rings (SSSR count). The molecule has 2 aromatic carbocycles. The van der Waals surface area contributed by atoms with Gasteiger partial charge in [0.15, 0.2) is 0 Å². The normalized spacial score (nSPS) is 11.2. The molecule has 0 spiro atoms. The highest BCUT2D eigenvalue weighted by Gasteiger charge is 2.11. The smallest absolute Gasteiger partial charge is 0.288 e. The van der Waals surface area contributed by atoms with Crippen LogP contribution in [-0.2, 0) is 13.2 Å². The van der Waals surface area contributed by atoms with Crippen molar-refractivity contribution < 1.29 is 8.81 Å². The molecule has 2 aromatic heterocycles. The van der Waals surface area contributed by atoms with E-state index in [9.17, 15) is 4.39 Å². The van der Waals surface area contributed by atoms with Crippen molar-refractivity contribution in [3.8, 4) is 17.1 Å². The summed E-state index contributed by atoms with van der Waals surface area (Å²) in [5.41, 5.74) is 2.76. The summed E-state index contributed by atoms with van der Waals surface area (Å²) in [4.78, 5) is 2.32. The molecule has 142 valence electrons. The Morgan fingerprint density at radius 1 is 1.11 bits per heavy atom. The van der Waals surface area contributed by atoms with Crippen LogP contribution in [0.15, 0.2) is 71.4 Å². The third kappa shape index (κ3) is 4.08. The van der Waals surface area contributed by atoms with Gasteiger partial charge in [0.1, 0.15) is 5.82 Å². The van der Waals surface area contributed by atoms with E-state index in [1.807, 2.05) is 54.5 Å². The summed E-state index contributed by atoms with van der Waals surface area (Å²) in [6.45, 7) is 1.13. The van der Waals surface area contributed by atoms with Gasteiger partial charge in [-0.15, -0.1) is 5.10 Å².